The number of halogens is 1. The van der Waals surface area contributed by atoms with E-state index in [1.807, 2.05) is 0 Å². The molecule has 1 aromatic carbocycles. The van der Waals surface area contributed by atoms with Gasteiger partial charge in [-0.3, -0.25) is 4.79 Å². The molecule has 2 rings (SSSR count). The highest BCUT2D eigenvalue weighted by Crippen LogP contribution is 2.27. The van der Waals surface area contributed by atoms with Gasteiger partial charge in [-0.15, -0.1) is 0 Å². The molecule has 0 unspecified atom stereocenters. The van der Waals surface area contributed by atoms with Crippen LogP contribution in [0.1, 0.15) is 16.1 Å². The molecular weight excluding hydrogens is 286 g/mol. The number of fused-ring (bicyclic) bond motifs is 1. The van der Waals surface area contributed by atoms with E-state index in [4.69, 9.17) is 26.2 Å². The maximum Gasteiger partial charge on any atom is 0.328 e. The molecule has 1 aromatic heterocycles. The monoisotopic (exact) mass is 297 g/mol. The molecule has 1 amide bonds. The summed E-state index contributed by atoms with van der Waals surface area (Å²) in [5, 5.41) is 21.1. The molecular formula is C13H12ClNO5. The Balaban J connectivity index is 2.35. The summed E-state index contributed by atoms with van der Waals surface area (Å²) in [6, 6.07) is 3.54. The topological polar surface area (TPSA) is 99.8 Å². The Bertz CT molecular complexity index is 679. The lowest BCUT2D eigenvalue weighted by atomic mass is 10.1. The minimum Gasteiger partial charge on any atom is -0.480 e. The van der Waals surface area contributed by atoms with Gasteiger partial charge in [0.25, 0.3) is 5.91 Å². The summed E-state index contributed by atoms with van der Waals surface area (Å²) >= 11 is 5.87. The first kappa shape index (κ1) is 14.4. The van der Waals surface area contributed by atoms with Gasteiger partial charge < -0.3 is 19.9 Å². The molecule has 1 atom stereocenters. The van der Waals surface area contributed by atoms with Crippen LogP contribution >= 0.6 is 11.6 Å². The lowest BCUT2D eigenvalue weighted by Gasteiger charge is -2.10. The number of nitrogens with one attached hydrogen (secondary N) is 1. The average Bonchev–Trinajstić information content (AvgIpc) is 2.73. The number of amides is 1. The van der Waals surface area contributed by atoms with Gasteiger partial charge in [0.2, 0.25) is 0 Å². The van der Waals surface area contributed by atoms with E-state index < -0.39 is 24.5 Å². The van der Waals surface area contributed by atoms with Crippen molar-refractivity contribution in [2.75, 3.05) is 6.61 Å². The van der Waals surface area contributed by atoms with E-state index in [1.165, 1.54) is 0 Å². The summed E-state index contributed by atoms with van der Waals surface area (Å²) in [5.74, 6) is -2.02. The summed E-state index contributed by atoms with van der Waals surface area (Å²) in [6.07, 6.45) is 0. The zero-order valence-electron chi connectivity index (χ0n) is 10.5. The summed E-state index contributed by atoms with van der Waals surface area (Å²) in [6.45, 7) is 0.970. The fourth-order valence-electron chi connectivity index (χ4n) is 1.82. The normalized spacial score (nSPS) is 12.3. The van der Waals surface area contributed by atoms with Crippen LogP contribution < -0.4 is 5.32 Å². The van der Waals surface area contributed by atoms with Gasteiger partial charge in [0.1, 0.15) is 5.58 Å². The highest BCUT2D eigenvalue weighted by Gasteiger charge is 2.24. The number of furan rings is 1. The molecule has 0 radical (unpaired) electrons. The number of carboxylic acid groups (broad SMARTS) is 1. The van der Waals surface area contributed by atoms with Gasteiger partial charge in [0, 0.05) is 16.0 Å². The first-order valence-corrected chi connectivity index (χ1v) is 6.15. The van der Waals surface area contributed by atoms with E-state index in [1.54, 1.807) is 25.1 Å². The van der Waals surface area contributed by atoms with Crippen molar-refractivity contribution in [3.05, 3.63) is 34.5 Å². The van der Waals surface area contributed by atoms with Crippen LogP contribution in [0.15, 0.2) is 22.6 Å². The number of aliphatic hydroxyl groups is 1. The molecule has 0 bridgehead atoms. The molecule has 0 fully saturated rings. The van der Waals surface area contributed by atoms with Crippen LogP contribution in [-0.4, -0.2) is 34.7 Å². The molecule has 0 spiro atoms. The average molecular weight is 298 g/mol. The minimum atomic E-state index is -1.38. The van der Waals surface area contributed by atoms with E-state index in [-0.39, 0.29) is 5.76 Å². The van der Waals surface area contributed by atoms with Crippen molar-refractivity contribution in [1.29, 1.82) is 0 Å². The van der Waals surface area contributed by atoms with Crippen molar-refractivity contribution < 1.29 is 24.2 Å². The molecule has 7 heteroatoms. The summed E-state index contributed by atoms with van der Waals surface area (Å²) in [4.78, 5) is 22.8. The minimum absolute atomic E-state index is 0.00182. The molecule has 0 aliphatic carbocycles. The molecule has 20 heavy (non-hydrogen) atoms. The van der Waals surface area contributed by atoms with Crippen molar-refractivity contribution >= 4 is 34.4 Å². The quantitative estimate of drug-likeness (QED) is 0.795. The van der Waals surface area contributed by atoms with Crippen LogP contribution in [-0.2, 0) is 4.79 Å². The first-order valence-electron chi connectivity index (χ1n) is 5.77. The van der Waals surface area contributed by atoms with Crippen molar-refractivity contribution in [3.63, 3.8) is 0 Å². The third-order valence-electron chi connectivity index (χ3n) is 2.89. The van der Waals surface area contributed by atoms with E-state index in [9.17, 15) is 9.59 Å². The number of carboxylic acids is 1. The molecule has 0 saturated heterocycles. The third-order valence-corrected chi connectivity index (χ3v) is 3.13. The predicted octanol–water partition coefficient (Wildman–Crippen LogP) is 1.57. The Morgan fingerprint density at radius 2 is 2.15 bits per heavy atom. The number of aryl methyl sites for hydroxylation is 1. The van der Waals surface area contributed by atoms with Gasteiger partial charge >= 0.3 is 5.97 Å². The molecule has 1 heterocycles. The lowest BCUT2D eigenvalue weighted by molar-refractivity contribution is -0.140. The summed E-state index contributed by atoms with van der Waals surface area (Å²) in [7, 11) is 0. The standard InChI is InChI=1S/C13H12ClNO5/c1-6-8-4-7(14)2-3-10(8)20-11(6)12(17)15-9(5-16)13(18)19/h2-4,9,16H,5H2,1H3,(H,15,17)(H,18,19)/t9-/m1/s1. The zero-order valence-corrected chi connectivity index (χ0v) is 11.3. The van der Waals surface area contributed by atoms with Crippen molar-refractivity contribution in [3.8, 4) is 0 Å². The predicted molar refractivity (Wildman–Crippen MR) is 71.9 cm³/mol. The van der Waals surface area contributed by atoms with Gasteiger partial charge in [0.05, 0.1) is 6.61 Å². The molecule has 0 aliphatic heterocycles. The van der Waals surface area contributed by atoms with Crippen LogP contribution in [0, 0.1) is 6.92 Å². The van der Waals surface area contributed by atoms with Gasteiger partial charge in [0.15, 0.2) is 11.8 Å². The van der Waals surface area contributed by atoms with Crippen molar-refractivity contribution in [1.82, 2.24) is 5.32 Å². The Morgan fingerprint density at radius 3 is 2.75 bits per heavy atom. The Labute approximate surface area is 118 Å². The lowest BCUT2D eigenvalue weighted by Crippen LogP contribution is -2.43. The molecule has 0 saturated carbocycles. The number of aliphatic carboxylic acids is 1. The fraction of sp³-hybridized carbons (Fsp3) is 0.231. The van der Waals surface area contributed by atoms with E-state index >= 15 is 0 Å². The van der Waals surface area contributed by atoms with Crippen LogP contribution in [0.3, 0.4) is 0 Å². The Kier molecular flexibility index (Phi) is 3.96. The number of benzene rings is 1. The second kappa shape index (κ2) is 5.52. The molecule has 3 N–H and O–H groups in total. The van der Waals surface area contributed by atoms with Crippen LogP contribution in [0.4, 0.5) is 0 Å². The fourth-order valence-corrected chi connectivity index (χ4v) is 1.99. The first-order chi connectivity index (χ1) is 9.43. The molecule has 2 aromatic rings. The summed E-state index contributed by atoms with van der Waals surface area (Å²) < 4.78 is 5.40. The second-order valence-corrected chi connectivity index (χ2v) is 4.68. The van der Waals surface area contributed by atoms with Crippen LogP contribution in [0.2, 0.25) is 5.02 Å². The SMILES string of the molecule is Cc1c(C(=O)N[C@H](CO)C(=O)O)oc2ccc(Cl)cc12. The van der Waals surface area contributed by atoms with E-state index in [0.717, 1.165) is 0 Å². The number of carbonyl (C=O) groups excluding carboxylic acids is 1. The maximum atomic E-state index is 12.0. The smallest absolute Gasteiger partial charge is 0.328 e. The molecule has 6 nitrogen and oxygen atoms in total. The third kappa shape index (κ3) is 2.61. The number of hydrogen-bond acceptors (Lipinski definition) is 4. The number of carbonyl (C=O) groups is 2. The molecule has 0 aliphatic rings. The van der Waals surface area contributed by atoms with Crippen LogP contribution in [0.25, 0.3) is 11.0 Å². The van der Waals surface area contributed by atoms with E-state index in [0.29, 0.717) is 21.6 Å². The number of rotatable bonds is 4. The Hall–Kier alpha value is -2.05. The van der Waals surface area contributed by atoms with Crippen molar-refractivity contribution in [2.24, 2.45) is 0 Å². The summed E-state index contributed by atoms with van der Waals surface area (Å²) in [5.41, 5.74) is 1.04. The van der Waals surface area contributed by atoms with Crippen molar-refractivity contribution in [2.45, 2.75) is 13.0 Å². The molecule has 106 valence electrons. The van der Waals surface area contributed by atoms with Gasteiger partial charge in [-0.25, -0.2) is 4.79 Å². The van der Waals surface area contributed by atoms with Gasteiger partial charge in [-0.1, -0.05) is 11.6 Å². The van der Waals surface area contributed by atoms with Gasteiger partial charge in [-0.2, -0.15) is 0 Å². The van der Waals surface area contributed by atoms with E-state index in [2.05, 4.69) is 5.32 Å². The zero-order chi connectivity index (χ0) is 14.9. The highest BCUT2D eigenvalue weighted by atomic mass is 35.5. The second-order valence-electron chi connectivity index (χ2n) is 4.24. The maximum absolute atomic E-state index is 12.0. The van der Waals surface area contributed by atoms with Crippen LogP contribution in [0.5, 0.6) is 0 Å². The van der Waals surface area contributed by atoms with Gasteiger partial charge in [-0.05, 0) is 25.1 Å². The highest BCUT2D eigenvalue weighted by molar-refractivity contribution is 6.31. The largest absolute Gasteiger partial charge is 0.480 e. The Morgan fingerprint density at radius 1 is 1.45 bits per heavy atom. The number of hydrogen-bond donors (Lipinski definition) is 3. The number of aliphatic hydroxyl groups excluding tert-OH is 1.